The van der Waals surface area contributed by atoms with E-state index in [0.29, 0.717) is 0 Å². The molecule has 1 heterocycles. The first-order valence-electron chi connectivity index (χ1n) is 2.77. The third-order valence-electron chi connectivity index (χ3n) is 1.28. The van der Waals surface area contributed by atoms with E-state index in [1.54, 1.807) is 0 Å². The number of hydrogen-bond acceptors (Lipinski definition) is 1. The van der Waals surface area contributed by atoms with Gasteiger partial charge in [-0.1, -0.05) is 12.1 Å². The number of rotatable bonds is 0. The Bertz CT molecular complexity index is 286. The Morgan fingerprint density at radius 3 is 2.90 bits per heavy atom. The van der Waals surface area contributed by atoms with Crippen molar-refractivity contribution >= 4 is 10.9 Å². The van der Waals surface area contributed by atoms with Crippen molar-refractivity contribution in [2.75, 3.05) is 0 Å². The van der Waals surface area contributed by atoms with Gasteiger partial charge in [0.05, 0.1) is 0 Å². The van der Waals surface area contributed by atoms with E-state index in [-0.39, 0.29) is 18.9 Å². The van der Waals surface area contributed by atoms with Gasteiger partial charge < -0.3 is 5.10 Å². The van der Waals surface area contributed by atoms with E-state index < -0.39 is 0 Å². The predicted octanol–water partition coefficient (Wildman–Crippen LogP) is -1.63. The van der Waals surface area contributed by atoms with Crippen molar-refractivity contribution in [3.63, 3.8) is 0 Å². The first-order chi connectivity index (χ1) is 4.47. The smallest absolute Gasteiger partial charge is 0.344 e. The van der Waals surface area contributed by atoms with Gasteiger partial charge in [0.1, 0.15) is 0 Å². The van der Waals surface area contributed by atoms with Crippen LogP contribution in [0.5, 0.6) is 0 Å². The van der Waals surface area contributed by atoms with Gasteiger partial charge in [0.25, 0.3) is 0 Å². The predicted molar refractivity (Wildman–Crippen MR) is 34.9 cm³/mol. The molecule has 1 N–H and O–H groups in total. The van der Waals surface area contributed by atoms with E-state index in [0.717, 1.165) is 10.9 Å². The van der Waals surface area contributed by atoms with E-state index >= 15 is 0 Å². The van der Waals surface area contributed by atoms with Crippen molar-refractivity contribution in [1.29, 1.82) is 0 Å². The molecule has 3 heteroatoms. The largest absolute Gasteiger partial charge is 1.00 e. The van der Waals surface area contributed by atoms with Crippen LogP contribution in [-0.4, -0.2) is 10.2 Å². The van der Waals surface area contributed by atoms with Crippen molar-refractivity contribution in [3.8, 4) is 0 Å². The minimum atomic E-state index is 0. The van der Waals surface area contributed by atoms with Crippen molar-refractivity contribution in [2.24, 2.45) is 0 Å². The van der Waals surface area contributed by atoms with E-state index in [4.69, 9.17) is 0 Å². The molecule has 2 rings (SSSR count). The number of nitrogens with one attached hydrogen (secondary N) is 1. The molecule has 0 saturated heterocycles. The van der Waals surface area contributed by atoms with E-state index in [9.17, 15) is 0 Å². The van der Waals surface area contributed by atoms with Crippen molar-refractivity contribution < 1.29 is 18.9 Å². The molecule has 2 nitrogen and oxygen atoms in total. The normalized spacial score (nSPS) is 9.20. The standard InChI is InChI=1S/C7H5N2.Li/c1-2-4-7-6(3-1)5-8-9-7;/h1-4H,(H,8,9);/q-1;+1. The number of aromatic nitrogens is 2. The van der Waals surface area contributed by atoms with Crippen LogP contribution < -0.4 is 18.9 Å². The van der Waals surface area contributed by atoms with Gasteiger partial charge in [-0.2, -0.15) is 6.07 Å². The van der Waals surface area contributed by atoms with E-state index in [1.807, 2.05) is 24.3 Å². The van der Waals surface area contributed by atoms with Crippen LogP contribution in [0.2, 0.25) is 0 Å². The molecule has 10 heavy (non-hydrogen) atoms. The molecule has 0 unspecified atom stereocenters. The molecule has 44 valence electrons. The zero-order chi connectivity index (χ0) is 6.10. The number of para-hydroxylation sites is 1. The maximum Gasteiger partial charge on any atom is 1.00 e. The number of fused-ring (bicyclic) bond motifs is 1. The van der Waals surface area contributed by atoms with Crippen LogP contribution in [-0.2, 0) is 0 Å². The van der Waals surface area contributed by atoms with Gasteiger partial charge in [-0.15, -0.1) is 11.5 Å². The molecule has 0 spiro atoms. The fraction of sp³-hybridized carbons (Fsp3) is 0. The minimum Gasteiger partial charge on any atom is -0.344 e. The Morgan fingerprint density at radius 1 is 1.30 bits per heavy atom. The van der Waals surface area contributed by atoms with E-state index in [1.165, 1.54) is 0 Å². The summed E-state index contributed by atoms with van der Waals surface area (Å²) in [5.74, 6) is 0. The number of hydrogen-bond donors (Lipinski definition) is 1. The Morgan fingerprint density at radius 2 is 2.10 bits per heavy atom. The molecular formula is C7H5LiN2. The van der Waals surface area contributed by atoms with Crippen LogP contribution >= 0.6 is 0 Å². The van der Waals surface area contributed by atoms with Gasteiger partial charge in [-0.05, 0) is 11.7 Å². The topological polar surface area (TPSA) is 28.7 Å². The van der Waals surface area contributed by atoms with Crippen molar-refractivity contribution in [2.45, 2.75) is 0 Å². The maximum atomic E-state index is 3.75. The molecule has 0 bridgehead atoms. The monoisotopic (exact) mass is 124 g/mol. The SMILES string of the molecule is [Li+].[c-]1n[nH]c2ccccc12. The zero-order valence-corrected chi connectivity index (χ0v) is 5.76. The summed E-state index contributed by atoms with van der Waals surface area (Å²) in [5.41, 5.74) is 1.04. The Kier molecular flexibility index (Phi) is 2.16. The first kappa shape index (κ1) is 7.40. The van der Waals surface area contributed by atoms with Gasteiger partial charge in [0.15, 0.2) is 0 Å². The molecular weight excluding hydrogens is 119 g/mol. The molecule has 0 radical (unpaired) electrons. The van der Waals surface area contributed by atoms with E-state index in [2.05, 4.69) is 16.4 Å². The molecule has 2 aromatic rings. The molecule has 0 saturated carbocycles. The van der Waals surface area contributed by atoms with Crippen molar-refractivity contribution in [1.82, 2.24) is 10.2 Å². The summed E-state index contributed by atoms with van der Waals surface area (Å²) in [6, 6.07) is 7.88. The van der Waals surface area contributed by atoms with Crippen LogP contribution in [0.15, 0.2) is 24.3 Å². The fourth-order valence-electron chi connectivity index (χ4n) is 0.827. The number of nitrogens with zero attached hydrogens (tertiary/aromatic N) is 1. The molecule has 0 aliphatic carbocycles. The van der Waals surface area contributed by atoms with Crippen LogP contribution in [0.25, 0.3) is 10.9 Å². The van der Waals surface area contributed by atoms with Crippen LogP contribution in [0.3, 0.4) is 0 Å². The first-order valence-corrected chi connectivity index (χ1v) is 2.77. The Balaban J connectivity index is 0.000000500. The Hall–Kier alpha value is -0.713. The third kappa shape index (κ3) is 1.09. The van der Waals surface area contributed by atoms with Gasteiger partial charge in [0, 0.05) is 0 Å². The van der Waals surface area contributed by atoms with Gasteiger partial charge in [-0.3, -0.25) is 5.10 Å². The second kappa shape index (κ2) is 2.92. The summed E-state index contributed by atoms with van der Waals surface area (Å²) >= 11 is 0. The summed E-state index contributed by atoms with van der Waals surface area (Å²) < 4.78 is 0. The average molecular weight is 124 g/mol. The summed E-state index contributed by atoms with van der Waals surface area (Å²) in [6.45, 7) is 0. The van der Waals surface area contributed by atoms with Gasteiger partial charge >= 0.3 is 18.9 Å². The average Bonchev–Trinajstić information content (AvgIpc) is 2.33. The molecule has 0 atom stereocenters. The maximum absolute atomic E-state index is 3.75. The Labute approximate surface area is 70.8 Å². The summed E-state index contributed by atoms with van der Waals surface area (Å²) in [5, 5.41) is 7.60. The van der Waals surface area contributed by atoms with Crippen LogP contribution in [0.1, 0.15) is 0 Å². The summed E-state index contributed by atoms with van der Waals surface area (Å²) in [7, 11) is 0. The quantitative estimate of drug-likeness (QED) is 0.331. The summed E-state index contributed by atoms with van der Waals surface area (Å²) in [4.78, 5) is 0. The summed E-state index contributed by atoms with van der Waals surface area (Å²) in [6.07, 6.45) is 2.81. The second-order valence-corrected chi connectivity index (χ2v) is 1.88. The molecule has 1 aromatic heterocycles. The van der Waals surface area contributed by atoms with Gasteiger partial charge in [-0.25, -0.2) is 0 Å². The second-order valence-electron chi connectivity index (χ2n) is 1.88. The van der Waals surface area contributed by atoms with Crippen LogP contribution in [0, 0.1) is 6.20 Å². The molecule has 1 aromatic carbocycles. The third-order valence-corrected chi connectivity index (χ3v) is 1.28. The van der Waals surface area contributed by atoms with Crippen molar-refractivity contribution in [3.05, 3.63) is 30.5 Å². The zero-order valence-electron chi connectivity index (χ0n) is 5.76. The molecule has 0 fully saturated rings. The molecule has 0 aliphatic heterocycles. The number of H-pyrrole nitrogens is 1. The number of aromatic amines is 1. The number of benzene rings is 1. The molecule has 0 aliphatic rings. The molecule has 0 amide bonds. The fourth-order valence-corrected chi connectivity index (χ4v) is 0.827. The minimum absolute atomic E-state index is 0. The van der Waals surface area contributed by atoms with Crippen LogP contribution in [0.4, 0.5) is 0 Å². The van der Waals surface area contributed by atoms with Gasteiger partial charge in [0.2, 0.25) is 0 Å².